The summed E-state index contributed by atoms with van der Waals surface area (Å²) in [6.07, 6.45) is 0. The van der Waals surface area contributed by atoms with Crippen LogP contribution in [-0.4, -0.2) is 29.2 Å². The van der Waals surface area contributed by atoms with Gasteiger partial charge in [-0.2, -0.15) is 0 Å². The molecule has 0 aliphatic carbocycles. The summed E-state index contributed by atoms with van der Waals surface area (Å²) in [6, 6.07) is 8.41. The Hall–Kier alpha value is -2.89. The molecule has 118 valence electrons. The lowest BCUT2D eigenvalue weighted by molar-refractivity contribution is -0.121. The first kappa shape index (κ1) is 15.0. The van der Waals surface area contributed by atoms with Crippen LogP contribution in [0.25, 0.3) is 0 Å². The van der Waals surface area contributed by atoms with Gasteiger partial charge in [0, 0.05) is 12.1 Å². The van der Waals surface area contributed by atoms with Crippen LogP contribution in [0.3, 0.4) is 0 Å². The molecule has 6 heteroatoms. The maximum Gasteiger partial charge on any atom is 0.262 e. The highest BCUT2D eigenvalue weighted by molar-refractivity contribution is 6.22. The van der Waals surface area contributed by atoms with Crippen LogP contribution in [0.15, 0.2) is 34.7 Å². The van der Waals surface area contributed by atoms with E-state index in [0.29, 0.717) is 17.7 Å². The summed E-state index contributed by atoms with van der Waals surface area (Å²) in [5, 5.41) is 2.70. The van der Waals surface area contributed by atoms with Gasteiger partial charge in [-0.3, -0.25) is 19.3 Å². The maximum absolute atomic E-state index is 12.2. The average Bonchev–Trinajstić information content (AvgIpc) is 2.97. The van der Waals surface area contributed by atoms with Crippen LogP contribution in [0.2, 0.25) is 0 Å². The smallest absolute Gasteiger partial charge is 0.262 e. The number of benzene rings is 1. The molecule has 0 radical (unpaired) electrons. The lowest BCUT2D eigenvalue weighted by Crippen LogP contribution is -2.40. The van der Waals surface area contributed by atoms with Crippen LogP contribution >= 0.6 is 0 Å². The van der Waals surface area contributed by atoms with Gasteiger partial charge >= 0.3 is 0 Å². The molecule has 1 aromatic heterocycles. The van der Waals surface area contributed by atoms with Crippen LogP contribution in [0, 0.1) is 13.8 Å². The molecule has 2 heterocycles. The number of hydrogen-bond donors (Lipinski definition) is 1. The molecule has 0 fully saturated rings. The molecule has 0 saturated carbocycles. The molecule has 3 amide bonds. The molecule has 0 atom stereocenters. The van der Waals surface area contributed by atoms with Gasteiger partial charge in [-0.25, -0.2) is 0 Å². The third-order valence-corrected chi connectivity index (χ3v) is 3.80. The Morgan fingerprint density at radius 2 is 1.74 bits per heavy atom. The summed E-state index contributed by atoms with van der Waals surface area (Å²) in [4.78, 5) is 37.4. The average molecular weight is 312 g/mol. The Bertz CT molecular complexity index is 772. The number of rotatable bonds is 4. The number of imide groups is 1. The number of fused-ring (bicyclic) bond motifs is 1. The van der Waals surface area contributed by atoms with Gasteiger partial charge in [0.1, 0.15) is 18.1 Å². The van der Waals surface area contributed by atoms with Crippen LogP contribution in [-0.2, 0) is 11.3 Å². The Morgan fingerprint density at radius 1 is 1.13 bits per heavy atom. The number of nitrogens with one attached hydrogen (secondary N) is 1. The van der Waals surface area contributed by atoms with Crippen molar-refractivity contribution in [1.29, 1.82) is 0 Å². The minimum atomic E-state index is -0.434. The Labute approximate surface area is 133 Å². The fourth-order valence-electron chi connectivity index (χ4n) is 2.64. The molecule has 2 aromatic rings. The molecule has 23 heavy (non-hydrogen) atoms. The van der Waals surface area contributed by atoms with E-state index in [0.717, 1.165) is 22.0 Å². The number of carbonyl (C=O) groups is 3. The summed E-state index contributed by atoms with van der Waals surface area (Å²) in [5.41, 5.74) is 1.55. The van der Waals surface area contributed by atoms with Gasteiger partial charge in [-0.15, -0.1) is 0 Å². The monoisotopic (exact) mass is 312 g/mol. The van der Waals surface area contributed by atoms with E-state index in [2.05, 4.69) is 5.32 Å². The van der Waals surface area contributed by atoms with Crippen molar-refractivity contribution in [3.05, 3.63) is 58.5 Å². The van der Waals surface area contributed by atoms with E-state index in [1.807, 2.05) is 19.9 Å². The normalized spacial score (nSPS) is 13.4. The highest BCUT2D eigenvalue weighted by Crippen LogP contribution is 2.22. The molecule has 6 nitrogen and oxygen atoms in total. The first-order valence-electron chi connectivity index (χ1n) is 7.25. The van der Waals surface area contributed by atoms with Crippen LogP contribution < -0.4 is 5.32 Å². The van der Waals surface area contributed by atoms with Crippen molar-refractivity contribution in [2.75, 3.05) is 6.54 Å². The van der Waals surface area contributed by atoms with E-state index in [4.69, 9.17) is 4.42 Å². The van der Waals surface area contributed by atoms with Gasteiger partial charge in [0.2, 0.25) is 5.91 Å². The fraction of sp³-hybridized carbons (Fsp3) is 0.235. The third-order valence-electron chi connectivity index (χ3n) is 3.80. The summed E-state index contributed by atoms with van der Waals surface area (Å²) in [6.45, 7) is 3.66. The van der Waals surface area contributed by atoms with Gasteiger partial charge in [0.05, 0.1) is 11.1 Å². The largest absolute Gasteiger partial charge is 0.466 e. The molecule has 1 aromatic carbocycles. The maximum atomic E-state index is 12.2. The summed E-state index contributed by atoms with van der Waals surface area (Å²) >= 11 is 0. The number of amides is 3. The second-order valence-corrected chi connectivity index (χ2v) is 5.46. The van der Waals surface area contributed by atoms with Gasteiger partial charge < -0.3 is 9.73 Å². The molecule has 1 aliphatic rings. The van der Waals surface area contributed by atoms with E-state index < -0.39 is 17.7 Å². The van der Waals surface area contributed by atoms with E-state index in [9.17, 15) is 14.4 Å². The number of nitrogens with zero attached hydrogens (tertiary/aromatic N) is 1. The van der Waals surface area contributed by atoms with E-state index in [-0.39, 0.29) is 6.54 Å². The highest BCUT2D eigenvalue weighted by Gasteiger charge is 2.36. The summed E-state index contributed by atoms with van der Waals surface area (Å²) < 4.78 is 5.39. The first-order chi connectivity index (χ1) is 11.0. The number of carbonyl (C=O) groups excluding carboxylic acids is 3. The molecule has 0 bridgehead atoms. The number of aryl methyl sites for hydroxylation is 2. The Kier molecular flexibility index (Phi) is 3.73. The minimum absolute atomic E-state index is 0.289. The van der Waals surface area contributed by atoms with Crippen molar-refractivity contribution in [3.63, 3.8) is 0 Å². The summed E-state index contributed by atoms with van der Waals surface area (Å²) in [5.74, 6) is 0.251. The highest BCUT2D eigenvalue weighted by atomic mass is 16.3. The van der Waals surface area contributed by atoms with Crippen molar-refractivity contribution in [2.24, 2.45) is 0 Å². The molecule has 3 rings (SSSR count). The topological polar surface area (TPSA) is 79.6 Å². The fourth-order valence-corrected chi connectivity index (χ4v) is 2.64. The summed E-state index contributed by atoms with van der Waals surface area (Å²) in [7, 11) is 0. The molecular formula is C17H16N2O4. The van der Waals surface area contributed by atoms with E-state index in [1.54, 1.807) is 24.3 Å². The quantitative estimate of drug-likeness (QED) is 0.873. The van der Waals surface area contributed by atoms with Gasteiger partial charge in [0.25, 0.3) is 11.8 Å². The molecule has 0 saturated heterocycles. The zero-order valence-corrected chi connectivity index (χ0v) is 12.9. The SMILES string of the molecule is Cc1cc(CNC(=O)CN2C(=O)c3ccccc3C2=O)c(C)o1. The van der Waals surface area contributed by atoms with Crippen molar-refractivity contribution < 1.29 is 18.8 Å². The predicted octanol–water partition coefficient (Wildman–Crippen LogP) is 1.81. The zero-order chi connectivity index (χ0) is 16.6. The van der Waals surface area contributed by atoms with Gasteiger partial charge in [0.15, 0.2) is 0 Å². The van der Waals surface area contributed by atoms with Gasteiger partial charge in [-0.05, 0) is 32.0 Å². The lowest BCUT2D eigenvalue weighted by atomic mass is 10.1. The lowest BCUT2D eigenvalue weighted by Gasteiger charge is -2.13. The van der Waals surface area contributed by atoms with Gasteiger partial charge in [-0.1, -0.05) is 12.1 Å². The number of hydrogen-bond acceptors (Lipinski definition) is 4. The molecule has 1 aliphatic heterocycles. The standard InChI is InChI=1S/C17H16N2O4/c1-10-7-12(11(2)23-10)8-18-15(20)9-19-16(21)13-5-3-4-6-14(13)17(19)22/h3-7H,8-9H2,1-2H3,(H,18,20). The number of furan rings is 1. The predicted molar refractivity (Wildman–Crippen MR) is 81.8 cm³/mol. The van der Waals surface area contributed by atoms with Crippen molar-refractivity contribution >= 4 is 17.7 Å². The van der Waals surface area contributed by atoms with Crippen molar-refractivity contribution in [1.82, 2.24) is 10.2 Å². The van der Waals surface area contributed by atoms with E-state index >= 15 is 0 Å². The molecule has 0 unspecified atom stereocenters. The second kappa shape index (κ2) is 5.72. The Balaban J connectivity index is 1.64. The van der Waals surface area contributed by atoms with E-state index in [1.165, 1.54) is 0 Å². The van der Waals surface area contributed by atoms with Crippen molar-refractivity contribution in [2.45, 2.75) is 20.4 Å². The second-order valence-electron chi connectivity index (χ2n) is 5.46. The van der Waals surface area contributed by atoms with Crippen LogP contribution in [0.1, 0.15) is 37.8 Å². The van der Waals surface area contributed by atoms with Crippen molar-refractivity contribution in [3.8, 4) is 0 Å². The van der Waals surface area contributed by atoms with Crippen LogP contribution in [0.5, 0.6) is 0 Å². The zero-order valence-electron chi connectivity index (χ0n) is 12.9. The molecular weight excluding hydrogens is 296 g/mol. The molecule has 0 spiro atoms. The Morgan fingerprint density at radius 3 is 2.26 bits per heavy atom. The van der Waals surface area contributed by atoms with Crippen LogP contribution in [0.4, 0.5) is 0 Å². The molecule has 1 N–H and O–H groups in total. The first-order valence-corrected chi connectivity index (χ1v) is 7.25. The third kappa shape index (κ3) is 2.75. The minimum Gasteiger partial charge on any atom is -0.466 e.